The van der Waals surface area contributed by atoms with Crippen LogP contribution in [0.25, 0.3) is 16.2 Å². The van der Waals surface area contributed by atoms with Crippen molar-refractivity contribution < 1.29 is 14.3 Å². The number of rotatable bonds is 6. The van der Waals surface area contributed by atoms with Crippen molar-refractivity contribution in [2.75, 3.05) is 20.2 Å². The molecule has 0 aliphatic carbocycles. The van der Waals surface area contributed by atoms with Gasteiger partial charge in [-0.1, -0.05) is 12.1 Å². The van der Waals surface area contributed by atoms with Crippen LogP contribution in [0.1, 0.15) is 43.7 Å². The van der Waals surface area contributed by atoms with E-state index in [9.17, 15) is 9.59 Å². The SMILES string of the molecule is COc1cccc(-c2nc(C)sc2C(=O)N2CCC[C@H]2CNC(=O)c2c(C)nc3sccn23)c1. The summed E-state index contributed by atoms with van der Waals surface area (Å²) < 4.78 is 7.16. The van der Waals surface area contributed by atoms with Gasteiger partial charge in [0.25, 0.3) is 11.8 Å². The first kappa shape index (κ1) is 22.5. The number of aromatic nitrogens is 3. The van der Waals surface area contributed by atoms with E-state index in [1.54, 1.807) is 7.11 Å². The number of amides is 2. The molecule has 2 amide bonds. The van der Waals surface area contributed by atoms with Crippen molar-refractivity contribution in [1.82, 2.24) is 24.6 Å². The summed E-state index contributed by atoms with van der Waals surface area (Å²) >= 11 is 2.90. The second-order valence-corrected chi connectivity index (χ2v) is 10.3. The van der Waals surface area contributed by atoms with Crippen molar-refractivity contribution in [3.63, 3.8) is 0 Å². The maximum Gasteiger partial charge on any atom is 0.270 e. The van der Waals surface area contributed by atoms with E-state index in [4.69, 9.17) is 4.74 Å². The molecule has 1 aliphatic rings. The van der Waals surface area contributed by atoms with E-state index in [1.165, 1.54) is 22.7 Å². The number of ether oxygens (including phenoxy) is 1. The number of hydrogen-bond acceptors (Lipinski definition) is 7. The summed E-state index contributed by atoms with van der Waals surface area (Å²) in [5.41, 5.74) is 2.78. The summed E-state index contributed by atoms with van der Waals surface area (Å²) in [6.45, 7) is 4.81. The van der Waals surface area contributed by atoms with Gasteiger partial charge in [0.2, 0.25) is 0 Å². The van der Waals surface area contributed by atoms with Gasteiger partial charge in [0.05, 0.1) is 23.5 Å². The van der Waals surface area contributed by atoms with Crippen LogP contribution in [0.3, 0.4) is 0 Å². The number of methoxy groups -OCH3 is 1. The van der Waals surface area contributed by atoms with Gasteiger partial charge in [0, 0.05) is 36.3 Å². The molecule has 176 valence electrons. The normalized spacial score (nSPS) is 15.7. The van der Waals surface area contributed by atoms with Gasteiger partial charge in [-0.2, -0.15) is 0 Å². The number of benzene rings is 1. The molecule has 0 unspecified atom stereocenters. The third-order valence-electron chi connectivity index (χ3n) is 6.06. The monoisotopic (exact) mass is 495 g/mol. The topological polar surface area (TPSA) is 88.8 Å². The van der Waals surface area contributed by atoms with Crippen molar-refractivity contribution in [3.05, 3.63) is 57.1 Å². The van der Waals surface area contributed by atoms with Gasteiger partial charge < -0.3 is 15.0 Å². The Balaban J connectivity index is 1.34. The second kappa shape index (κ2) is 9.19. The molecule has 4 aromatic rings. The highest BCUT2D eigenvalue weighted by Crippen LogP contribution is 2.33. The van der Waals surface area contributed by atoms with Gasteiger partial charge >= 0.3 is 0 Å². The van der Waals surface area contributed by atoms with Gasteiger partial charge in [0.1, 0.15) is 16.3 Å². The Labute approximate surface area is 205 Å². The predicted octanol–water partition coefficient (Wildman–Crippen LogP) is 4.18. The number of carbonyl (C=O) groups is 2. The number of hydrogen-bond donors (Lipinski definition) is 1. The maximum absolute atomic E-state index is 13.6. The third-order valence-corrected chi connectivity index (χ3v) is 7.77. The number of carbonyl (C=O) groups excluding carboxylic acids is 2. The molecule has 10 heteroatoms. The smallest absolute Gasteiger partial charge is 0.270 e. The van der Waals surface area contributed by atoms with Crippen LogP contribution in [0.4, 0.5) is 0 Å². The molecule has 0 radical (unpaired) electrons. The molecule has 34 heavy (non-hydrogen) atoms. The highest BCUT2D eigenvalue weighted by Gasteiger charge is 2.33. The van der Waals surface area contributed by atoms with E-state index in [2.05, 4.69) is 15.3 Å². The Hall–Kier alpha value is -3.24. The first-order chi connectivity index (χ1) is 16.5. The van der Waals surface area contributed by atoms with E-state index in [-0.39, 0.29) is 17.9 Å². The van der Waals surface area contributed by atoms with E-state index in [1.807, 2.05) is 59.0 Å². The van der Waals surface area contributed by atoms with Crippen LogP contribution < -0.4 is 10.1 Å². The number of nitrogens with zero attached hydrogens (tertiary/aromatic N) is 4. The molecule has 0 bridgehead atoms. The summed E-state index contributed by atoms with van der Waals surface area (Å²) in [5, 5.41) is 5.78. The zero-order chi connectivity index (χ0) is 23.8. The molecule has 1 fully saturated rings. The summed E-state index contributed by atoms with van der Waals surface area (Å²) in [4.78, 5) is 39.0. The lowest BCUT2D eigenvalue weighted by atomic mass is 10.1. The molecule has 1 aliphatic heterocycles. The van der Waals surface area contributed by atoms with Gasteiger partial charge in [-0.05, 0) is 38.8 Å². The standard InChI is InChI=1S/C24H25N5O3S2/c1-14-20(29-10-11-33-24(29)26-14)22(30)25-13-17-7-5-9-28(17)23(31)21-19(27-15(2)34-21)16-6-4-8-18(12-16)32-3/h4,6,8,10-12,17H,5,7,9,13H2,1-3H3,(H,25,30)/t17-/m0/s1. The van der Waals surface area contributed by atoms with Crippen molar-refractivity contribution >= 4 is 39.4 Å². The molecule has 1 aromatic carbocycles. The Morgan fingerprint density at radius 1 is 1.26 bits per heavy atom. The molecule has 1 atom stereocenters. The van der Waals surface area contributed by atoms with Gasteiger partial charge in [-0.15, -0.1) is 22.7 Å². The minimum Gasteiger partial charge on any atom is -0.497 e. The lowest BCUT2D eigenvalue weighted by Gasteiger charge is -2.25. The number of nitrogens with one attached hydrogen (secondary N) is 1. The van der Waals surface area contributed by atoms with E-state index >= 15 is 0 Å². The van der Waals surface area contributed by atoms with E-state index < -0.39 is 0 Å². The quantitative estimate of drug-likeness (QED) is 0.434. The lowest BCUT2D eigenvalue weighted by molar-refractivity contribution is 0.0729. The Bertz CT molecular complexity index is 1370. The Morgan fingerprint density at radius 3 is 2.94 bits per heavy atom. The second-order valence-electron chi connectivity index (χ2n) is 8.25. The van der Waals surface area contributed by atoms with Gasteiger partial charge in [-0.25, -0.2) is 9.97 Å². The van der Waals surface area contributed by atoms with Crippen molar-refractivity contribution in [1.29, 1.82) is 0 Å². The average Bonchev–Trinajstić information content (AvgIpc) is 3.61. The first-order valence-corrected chi connectivity index (χ1v) is 12.8. The van der Waals surface area contributed by atoms with Crippen LogP contribution in [0.5, 0.6) is 5.75 Å². The predicted molar refractivity (Wildman–Crippen MR) is 133 cm³/mol. The number of fused-ring (bicyclic) bond motifs is 1. The molecule has 1 saturated heterocycles. The molecule has 4 heterocycles. The first-order valence-electron chi connectivity index (χ1n) is 11.1. The highest BCUT2D eigenvalue weighted by atomic mass is 32.1. The average molecular weight is 496 g/mol. The Morgan fingerprint density at radius 2 is 2.12 bits per heavy atom. The zero-order valence-electron chi connectivity index (χ0n) is 19.2. The fraction of sp³-hybridized carbons (Fsp3) is 0.333. The van der Waals surface area contributed by atoms with Crippen LogP contribution in [0, 0.1) is 13.8 Å². The molecular formula is C24H25N5O3S2. The van der Waals surface area contributed by atoms with Crippen LogP contribution in [-0.2, 0) is 0 Å². The van der Waals surface area contributed by atoms with Crippen LogP contribution in [-0.4, -0.2) is 57.3 Å². The number of imidazole rings is 1. The number of thiazole rings is 2. The molecule has 3 aromatic heterocycles. The summed E-state index contributed by atoms with van der Waals surface area (Å²) in [6.07, 6.45) is 3.60. The maximum atomic E-state index is 13.6. The minimum absolute atomic E-state index is 0.0408. The van der Waals surface area contributed by atoms with Crippen LogP contribution in [0.15, 0.2) is 35.8 Å². The number of likely N-dealkylation sites (tertiary alicyclic amines) is 1. The van der Waals surface area contributed by atoms with Gasteiger partial charge in [-0.3, -0.25) is 14.0 Å². The van der Waals surface area contributed by atoms with Gasteiger partial charge in [0.15, 0.2) is 4.96 Å². The molecular weight excluding hydrogens is 470 g/mol. The van der Waals surface area contributed by atoms with Crippen LogP contribution >= 0.6 is 22.7 Å². The minimum atomic E-state index is -0.173. The molecule has 8 nitrogen and oxygen atoms in total. The molecule has 0 saturated carbocycles. The third kappa shape index (κ3) is 4.07. The van der Waals surface area contributed by atoms with E-state index in [0.717, 1.165) is 34.1 Å². The summed E-state index contributed by atoms with van der Waals surface area (Å²) in [6, 6.07) is 7.54. The van der Waals surface area contributed by atoms with Crippen molar-refractivity contribution in [2.24, 2.45) is 0 Å². The molecule has 5 rings (SSSR count). The van der Waals surface area contributed by atoms with Crippen molar-refractivity contribution in [2.45, 2.75) is 32.7 Å². The fourth-order valence-electron chi connectivity index (χ4n) is 4.45. The van der Waals surface area contributed by atoms with Crippen LogP contribution in [0.2, 0.25) is 0 Å². The molecule has 0 spiro atoms. The van der Waals surface area contributed by atoms with E-state index in [0.29, 0.717) is 35.0 Å². The summed E-state index contributed by atoms with van der Waals surface area (Å²) in [7, 11) is 1.62. The van der Waals surface area contributed by atoms with Crippen molar-refractivity contribution in [3.8, 4) is 17.0 Å². The lowest BCUT2D eigenvalue weighted by Crippen LogP contribution is -2.43. The fourth-order valence-corrected chi connectivity index (χ4v) is 6.10. The summed E-state index contributed by atoms with van der Waals surface area (Å²) in [5.74, 6) is 0.507. The largest absolute Gasteiger partial charge is 0.497 e. The molecule has 1 N–H and O–H groups in total. The highest BCUT2D eigenvalue weighted by molar-refractivity contribution is 7.15. The Kier molecular flexibility index (Phi) is 6.09. The number of aryl methyl sites for hydroxylation is 2. The zero-order valence-corrected chi connectivity index (χ0v) is 20.8.